The summed E-state index contributed by atoms with van der Waals surface area (Å²) in [5.41, 5.74) is -2.59. The van der Waals surface area contributed by atoms with Crippen molar-refractivity contribution in [2.45, 2.75) is 6.18 Å². The van der Waals surface area contributed by atoms with Gasteiger partial charge < -0.3 is 5.32 Å². The van der Waals surface area contributed by atoms with Crippen LogP contribution in [0.4, 0.5) is 23.2 Å². The molecule has 1 amide bonds. The van der Waals surface area contributed by atoms with Gasteiger partial charge in [0.25, 0.3) is 5.91 Å². The SMILES string of the molecule is N#Cc1cc(NC(=O)c2cnn(-c3ccc(F)cc3Cl)c2C(F)(F)F)cnc1-n1nccn1. The third-order valence-corrected chi connectivity index (χ3v) is 4.58. The van der Waals surface area contributed by atoms with E-state index in [9.17, 15) is 27.6 Å². The van der Waals surface area contributed by atoms with Gasteiger partial charge in [0.15, 0.2) is 11.5 Å². The summed E-state index contributed by atoms with van der Waals surface area (Å²) in [7, 11) is 0. The molecule has 9 nitrogen and oxygen atoms in total. The topological polar surface area (TPSA) is 114 Å². The highest BCUT2D eigenvalue weighted by Crippen LogP contribution is 2.35. The summed E-state index contributed by atoms with van der Waals surface area (Å²) >= 11 is 5.88. The Balaban J connectivity index is 1.71. The number of halogens is 5. The summed E-state index contributed by atoms with van der Waals surface area (Å²) in [6.45, 7) is 0. The summed E-state index contributed by atoms with van der Waals surface area (Å²) in [6.07, 6.45) is -0.443. The van der Waals surface area contributed by atoms with E-state index >= 15 is 0 Å². The zero-order valence-electron chi connectivity index (χ0n) is 16.0. The van der Waals surface area contributed by atoms with E-state index < -0.39 is 29.2 Å². The summed E-state index contributed by atoms with van der Waals surface area (Å²) in [5.74, 6) is -1.85. The molecule has 1 N–H and O–H groups in total. The van der Waals surface area contributed by atoms with Crippen LogP contribution in [0.15, 0.2) is 49.1 Å². The molecule has 3 heterocycles. The maximum atomic E-state index is 13.8. The average Bonchev–Trinajstić information content (AvgIpc) is 3.43. The number of nitrogens with zero attached hydrogens (tertiary/aromatic N) is 7. The molecule has 4 aromatic rings. The number of rotatable bonds is 4. The third kappa shape index (κ3) is 4.23. The Morgan fingerprint density at radius 3 is 2.48 bits per heavy atom. The number of benzene rings is 1. The number of anilines is 1. The Kier molecular flexibility index (Phi) is 5.52. The maximum Gasteiger partial charge on any atom is 0.434 e. The summed E-state index contributed by atoms with van der Waals surface area (Å²) in [4.78, 5) is 17.7. The first kappa shape index (κ1) is 21.9. The standard InChI is InChI=1S/C19H9ClF4N8O/c20-14-6-11(21)1-2-15(14)31-16(19(22,23)24)13(9-29-31)18(33)30-12-5-10(7-25)17(26-8-12)32-27-3-4-28-32/h1-6,8-9H,(H,30,33). The molecular weight excluding hydrogens is 468 g/mol. The van der Waals surface area contributed by atoms with Gasteiger partial charge in [-0.1, -0.05) is 11.6 Å². The fourth-order valence-corrected chi connectivity index (χ4v) is 3.16. The van der Waals surface area contributed by atoms with Crippen LogP contribution >= 0.6 is 11.6 Å². The van der Waals surface area contributed by atoms with E-state index in [1.807, 2.05) is 6.07 Å². The minimum absolute atomic E-state index is 0.0335. The second-order valence-electron chi connectivity index (χ2n) is 6.39. The monoisotopic (exact) mass is 476 g/mol. The Morgan fingerprint density at radius 1 is 1.12 bits per heavy atom. The van der Waals surface area contributed by atoms with Crippen LogP contribution in [0, 0.1) is 17.1 Å². The largest absolute Gasteiger partial charge is 0.434 e. The molecule has 0 aliphatic rings. The fraction of sp³-hybridized carbons (Fsp3) is 0.0526. The summed E-state index contributed by atoms with van der Waals surface area (Å²) in [5, 5.41) is 22.6. The summed E-state index contributed by atoms with van der Waals surface area (Å²) < 4.78 is 55.2. The number of alkyl halides is 3. The number of nitriles is 1. The molecule has 0 unspecified atom stereocenters. The molecule has 0 aliphatic carbocycles. The zero-order chi connectivity index (χ0) is 23.8. The molecule has 0 radical (unpaired) electrons. The van der Waals surface area contributed by atoms with Crippen LogP contribution in [0.3, 0.4) is 0 Å². The van der Waals surface area contributed by atoms with Gasteiger partial charge in [0.2, 0.25) is 0 Å². The normalized spacial score (nSPS) is 11.3. The molecule has 0 fully saturated rings. The van der Waals surface area contributed by atoms with Crippen LogP contribution < -0.4 is 5.32 Å². The lowest BCUT2D eigenvalue weighted by atomic mass is 10.2. The molecular formula is C19H9ClF4N8O. The van der Waals surface area contributed by atoms with Crippen LogP contribution in [0.1, 0.15) is 21.6 Å². The molecule has 0 aliphatic heterocycles. The first-order valence-electron chi connectivity index (χ1n) is 8.88. The Bertz CT molecular complexity index is 1390. The van der Waals surface area contributed by atoms with Gasteiger partial charge in [0, 0.05) is 0 Å². The van der Waals surface area contributed by atoms with Gasteiger partial charge in [-0.05, 0) is 24.3 Å². The molecule has 0 saturated carbocycles. The molecule has 0 atom stereocenters. The van der Waals surface area contributed by atoms with Gasteiger partial charge in [-0.15, -0.1) is 4.80 Å². The van der Waals surface area contributed by atoms with E-state index in [0.717, 1.165) is 29.2 Å². The number of hydrogen-bond acceptors (Lipinski definition) is 6. The maximum absolute atomic E-state index is 13.8. The van der Waals surface area contributed by atoms with E-state index in [2.05, 4.69) is 25.6 Å². The molecule has 4 rings (SSSR count). The van der Waals surface area contributed by atoms with Gasteiger partial charge >= 0.3 is 6.18 Å². The predicted octanol–water partition coefficient (Wildman–Crippen LogP) is 3.78. The molecule has 0 saturated heterocycles. The first-order chi connectivity index (χ1) is 15.7. The van der Waals surface area contributed by atoms with Crippen molar-refractivity contribution in [3.63, 3.8) is 0 Å². The predicted molar refractivity (Wildman–Crippen MR) is 105 cm³/mol. The minimum atomic E-state index is -5.01. The lowest BCUT2D eigenvalue weighted by Gasteiger charge is -2.14. The van der Waals surface area contributed by atoms with Gasteiger partial charge in [-0.3, -0.25) is 4.79 Å². The van der Waals surface area contributed by atoms with Crippen LogP contribution in [-0.2, 0) is 6.18 Å². The molecule has 33 heavy (non-hydrogen) atoms. The number of carbonyl (C=O) groups excluding carboxylic acids is 1. The van der Waals surface area contributed by atoms with E-state index in [1.54, 1.807) is 0 Å². The number of aromatic nitrogens is 6. The van der Waals surface area contributed by atoms with Crippen LogP contribution in [0.2, 0.25) is 5.02 Å². The highest BCUT2D eigenvalue weighted by molar-refractivity contribution is 6.32. The average molecular weight is 477 g/mol. The Morgan fingerprint density at radius 2 is 1.85 bits per heavy atom. The van der Waals surface area contributed by atoms with Gasteiger partial charge in [0.1, 0.15) is 17.4 Å². The second kappa shape index (κ2) is 8.32. The van der Waals surface area contributed by atoms with Gasteiger partial charge in [-0.2, -0.15) is 33.7 Å². The van der Waals surface area contributed by atoms with Crippen molar-refractivity contribution in [1.29, 1.82) is 5.26 Å². The van der Waals surface area contributed by atoms with Crippen molar-refractivity contribution in [2.75, 3.05) is 5.32 Å². The lowest BCUT2D eigenvalue weighted by molar-refractivity contribution is -0.143. The minimum Gasteiger partial charge on any atom is -0.320 e. The smallest absolute Gasteiger partial charge is 0.320 e. The lowest BCUT2D eigenvalue weighted by Crippen LogP contribution is -2.21. The van der Waals surface area contributed by atoms with E-state index in [4.69, 9.17) is 11.6 Å². The van der Waals surface area contributed by atoms with Crippen molar-refractivity contribution >= 4 is 23.2 Å². The molecule has 0 bridgehead atoms. The van der Waals surface area contributed by atoms with Crippen molar-refractivity contribution in [2.24, 2.45) is 0 Å². The van der Waals surface area contributed by atoms with Crippen molar-refractivity contribution < 1.29 is 22.4 Å². The van der Waals surface area contributed by atoms with Crippen molar-refractivity contribution in [1.82, 2.24) is 29.8 Å². The van der Waals surface area contributed by atoms with Crippen LogP contribution in [0.5, 0.6) is 0 Å². The van der Waals surface area contributed by atoms with E-state index in [-0.39, 0.29) is 27.8 Å². The van der Waals surface area contributed by atoms with E-state index in [0.29, 0.717) is 10.9 Å². The fourth-order valence-electron chi connectivity index (χ4n) is 2.91. The number of nitrogens with one attached hydrogen (secondary N) is 1. The highest BCUT2D eigenvalue weighted by atomic mass is 35.5. The highest BCUT2D eigenvalue weighted by Gasteiger charge is 2.41. The second-order valence-corrected chi connectivity index (χ2v) is 6.80. The number of amides is 1. The Hall–Kier alpha value is -4.31. The quantitative estimate of drug-likeness (QED) is 0.448. The zero-order valence-corrected chi connectivity index (χ0v) is 16.8. The van der Waals surface area contributed by atoms with E-state index in [1.165, 1.54) is 18.5 Å². The molecule has 0 spiro atoms. The van der Waals surface area contributed by atoms with Crippen LogP contribution in [0.25, 0.3) is 11.5 Å². The Labute approximate surface area is 186 Å². The third-order valence-electron chi connectivity index (χ3n) is 4.27. The molecule has 166 valence electrons. The molecule has 1 aromatic carbocycles. The number of pyridine rings is 1. The van der Waals surface area contributed by atoms with Gasteiger partial charge in [0.05, 0.1) is 46.7 Å². The van der Waals surface area contributed by atoms with Crippen LogP contribution in [-0.4, -0.2) is 35.7 Å². The van der Waals surface area contributed by atoms with Crippen molar-refractivity contribution in [3.8, 4) is 17.6 Å². The molecule has 3 aromatic heterocycles. The summed E-state index contributed by atoms with van der Waals surface area (Å²) in [6, 6.07) is 5.80. The van der Waals surface area contributed by atoms with Crippen molar-refractivity contribution in [3.05, 3.63) is 76.7 Å². The molecule has 14 heteroatoms. The first-order valence-corrected chi connectivity index (χ1v) is 9.25. The number of hydrogen-bond donors (Lipinski definition) is 1. The van der Waals surface area contributed by atoms with Gasteiger partial charge in [-0.25, -0.2) is 14.1 Å². The number of carbonyl (C=O) groups is 1.